The molecule has 1 aliphatic rings. The maximum Gasteiger partial charge on any atom is 0.202 e. The van der Waals surface area contributed by atoms with Crippen LogP contribution in [0.2, 0.25) is 0 Å². The number of nitrogens with two attached hydrogens (primary N) is 2. The van der Waals surface area contributed by atoms with E-state index >= 15 is 0 Å². The zero-order valence-corrected chi connectivity index (χ0v) is 20.5. The van der Waals surface area contributed by atoms with Gasteiger partial charge in [-0.15, -0.1) is 0 Å². The molecule has 0 aliphatic heterocycles. The van der Waals surface area contributed by atoms with Crippen molar-refractivity contribution >= 4 is 22.4 Å². The Hall–Kier alpha value is -2.39. The fourth-order valence-electron chi connectivity index (χ4n) is 3.85. The molecule has 1 saturated carbocycles. The molecule has 2 heterocycles. The van der Waals surface area contributed by atoms with Crippen molar-refractivity contribution in [3.63, 3.8) is 0 Å². The molecule has 0 radical (unpaired) electrons. The van der Waals surface area contributed by atoms with E-state index in [-0.39, 0.29) is 6.10 Å². The van der Waals surface area contributed by atoms with Gasteiger partial charge in [0.1, 0.15) is 11.6 Å². The first-order valence-electron chi connectivity index (χ1n) is 11.6. The number of hydrazine groups is 1. The largest absolute Gasteiger partial charge is 0.489 e. The van der Waals surface area contributed by atoms with Crippen LogP contribution in [-0.2, 0) is 12.8 Å². The van der Waals surface area contributed by atoms with E-state index in [0.29, 0.717) is 23.9 Å². The first-order chi connectivity index (χ1) is 15.4. The second-order valence-corrected chi connectivity index (χ2v) is 9.56. The first kappa shape index (κ1) is 24.3. The van der Waals surface area contributed by atoms with Crippen molar-refractivity contribution in [3.05, 3.63) is 35.0 Å². The lowest BCUT2D eigenvalue weighted by Gasteiger charge is -2.24. The second kappa shape index (κ2) is 11.5. The minimum Gasteiger partial charge on any atom is -0.489 e. The molecular weight excluding hydrogens is 422 g/mol. The smallest absolute Gasteiger partial charge is 0.202 e. The molecule has 1 fully saturated rings. The highest BCUT2D eigenvalue weighted by Crippen LogP contribution is 2.27. The van der Waals surface area contributed by atoms with Gasteiger partial charge in [-0.2, -0.15) is 4.37 Å². The molecular formula is C23H37N7OS. The van der Waals surface area contributed by atoms with E-state index < -0.39 is 0 Å². The Labute approximate surface area is 195 Å². The number of anilines is 1. The van der Waals surface area contributed by atoms with Crippen LogP contribution in [0.4, 0.5) is 5.13 Å². The van der Waals surface area contributed by atoms with Gasteiger partial charge in [-0.3, -0.25) is 0 Å². The Morgan fingerprint density at radius 3 is 2.66 bits per heavy atom. The normalized spacial score (nSPS) is 15.6. The molecule has 0 amide bonds. The molecule has 32 heavy (non-hydrogen) atoms. The van der Waals surface area contributed by atoms with Crippen LogP contribution >= 0.6 is 11.5 Å². The summed E-state index contributed by atoms with van der Waals surface area (Å²) in [7, 11) is 1.77. The minimum absolute atomic E-state index is 0.289. The fraction of sp³-hybridized carbons (Fsp3) is 0.609. The van der Waals surface area contributed by atoms with E-state index in [1.165, 1.54) is 35.8 Å². The number of aromatic nitrogens is 3. The molecule has 5 N–H and O–H groups in total. The van der Waals surface area contributed by atoms with Gasteiger partial charge in [0.05, 0.1) is 35.4 Å². The van der Waals surface area contributed by atoms with Gasteiger partial charge >= 0.3 is 0 Å². The Kier molecular flexibility index (Phi) is 8.69. The number of likely N-dealkylation sites (N-methyl/N-ethyl adjacent to an activating group) is 1. The number of nitrogens with one attached hydrogen (secondary N) is 1. The second-order valence-electron chi connectivity index (χ2n) is 8.81. The van der Waals surface area contributed by atoms with Crippen LogP contribution in [0.3, 0.4) is 0 Å². The highest BCUT2D eigenvalue weighted by molar-refractivity contribution is 7.09. The average Bonchev–Trinajstić information content (AvgIpc) is 3.21. The van der Waals surface area contributed by atoms with Crippen molar-refractivity contribution in [1.29, 1.82) is 0 Å². The third kappa shape index (κ3) is 6.56. The van der Waals surface area contributed by atoms with Crippen molar-refractivity contribution in [1.82, 2.24) is 19.4 Å². The van der Waals surface area contributed by atoms with E-state index in [1.54, 1.807) is 7.05 Å². The van der Waals surface area contributed by atoms with Crippen molar-refractivity contribution in [2.75, 3.05) is 18.9 Å². The summed E-state index contributed by atoms with van der Waals surface area (Å²) in [5.74, 6) is 8.34. The van der Waals surface area contributed by atoms with Gasteiger partial charge in [0.25, 0.3) is 0 Å². The molecule has 0 bridgehead atoms. The predicted octanol–water partition coefficient (Wildman–Crippen LogP) is 3.95. The third-order valence-electron chi connectivity index (χ3n) is 5.59. The monoisotopic (exact) mass is 459 g/mol. The lowest BCUT2D eigenvalue weighted by atomic mass is 9.98. The quantitative estimate of drug-likeness (QED) is 0.361. The zero-order chi connectivity index (χ0) is 23.1. The summed E-state index contributed by atoms with van der Waals surface area (Å²) in [6.07, 6.45) is 7.93. The van der Waals surface area contributed by atoms with Gasteiger partial charge < -0.3 is 20.8 Å². The molecule has 0 spiro atoms. The van der Waals surface area contributed by atoms with E-state index in [2.05, 4.69) is 35.4 Å². The Balaban J connectivity index is 1.75. The van der Waals surface area contributed by atoms with Crippen LogP contribution < -0.4 is 21.6 Å². The van der Waals surface area contributed by atoms with Gasteiger partial charge in [0, 0.05) is 25.0 Å². The molecule has 0 saturated heterocycles. The van der Waals surface area contributed by atoms with Gasteiger partial charge in [0.15, 0.2) is 0 Å². The molecule has 0 atom stereocenters. The Morgan fingerprint density at radius 1 is 1.25 bits per heavy atom. The number of hydrogen-bond acceptors (Lipinski definition) is 9. The number of pyridine rings is 1. The van der Waals surface area contributed by atoms with E-state index in [0.717, 1.165) is 53.8 Å². The highest BCUT2D eigenvalue weighted by Gasteiger charge is 2.18. The summed E-state index contributed by atoms with van der Waals surface area (Å²) in [6, 6.07) is 3.91. The maximum atomic E-state index is 6.52. The summed E-state index contributed by atoms with van der Waals surface area (Å²) in [6.45, 7) is 6.82. The van der Waals surface area contributed by atoms with Crippen molar-refractivity contribution in [3.8, 4) is 5.75 Å². The van der Waals surface area contributed by atoms with Crippen LogP contribution in [0.1, 0.15) is 70.1 Å². The van der Waals surface area contributed by atoms with Crippen LogP contribution in [0.25, 0.3) is 5.70 Å². The number of aryl methyl sites for hydroxylation is 1. The summed E-state index contributed by atoms with van der Waals surface area (Å²) < 4.78 is 10.7. The highest BCUT2D eigenvalue weighted by atomic mass is 32.1. The van der Waals surface area contributed by atoms with E-state index in [4.69, 9.17) is 21.3 Å². The number of nitrogens with zero attached hydrogens (tertiary/aromatic N) is 4. The summed E-state index contributed by atoms with van der Waals surface area (Å²) in [5.41, 5.74) is 9.41. The van der Waals surface area contributed by atoms with Gasteiger partial charge in [-0.1, -0.05) is 27.2 Å². The predicted molar refractivity (Wildman–Crippen MR) is 131 cm³/mol. The molecule has 176 valence electrons. The lowest BCUT2D eigenvalue weighted by molar-refractivity contribution is 0.153. The summed E-state index contributed by atoms with van der Waals surface area (Å²) in [5, 5.41) is 5.58. The fourth-order valence-corrected chi connectivity index (χ4v) is 4.44. The van der Waals surface area contributed by atoms with Gasteiger partial charge in [0.2, 0.25) is 5.13 Å². The average molecular weight is 460 g/mol. The van der Waals surface area contributed by atoms with Crippen molar-refractivity contribution < 1.29 is 4.74 Å². The molecule has 1 aliphatic carbocycles. The van der Waals surface area contributed by atoms with Crippen molar-refractivity contribution in [2.45, 2.75) is 71.8 Å². The van der Waals surface area contributed by atoms with E-state index in [1.807, 2.05) is 12.1 Å². The van der Waals surface area contributed by atoms with Crippen molar-refractivity contribution in [2.24, 2.45) is 17.5 Å². The SMILES string of the molecule is CCc1nc(/C(N)=C(\CNc2nc(CC(C)C)ns2)N(C)N)ccc1OC1CCCCC1. The molecule has 8 nitrogen and oxygen atoms in total. The first-order valence-corrected chi connectivity index (χ1v) is 12.3. The molecule has 2 aromatic rings. The molecule has 0 aromatic carbocycles. The lowest BCUT2D eigenvalue weighted by Crippen LogP contribution is -2.32. The van der Waals surface area contributed by atoms with E-state index in [9.17, 15) is 0 Å². The molecule has 9 heteroatoms. The van der Waals surface area contributed by atoms with Crippen LogP contribution in [0, 0.1) is 5.92 Å². The van der Waals surface area contributed by atoms with Crippen LogP contribution in [0.15, 0.2) is 17.8 Å². The number of ether oxygens (including phenoxy) is 1. The minimum atomic E-state index is 0.289. The van der Waals surface area contributed by atoms with Gasteiger partial charge in [-0.25, -0.2) is 15.8 Å². The number of rotatable bonds is 10. The Morgan fingerprint density at radius 2 is 2.00 bits per heavy atom. The number of hydrogen-bond donors (Lipinski definition) is 3. The summed E-state index contributed by atoms with van der Waals surface area (Å²) >= 11 is 1.35. The molecule has 2 aromatic heterocycles. The third-order valence-corrected chi connectivity index (χ3v) is 6.30. The standard InChI is InChI=1S/C23H37N7OS/c1-5-17-20(31-16-9-7-6-8-10-16)12-11-18(27-17)22(24)19(30(4)25)14-26-23-28-21(29-32-23)13-15(2)3/h11-12,15-16H,5-10,13-14,24-25H2,1-4H3,(H,26,28,29)/b22-19-. The zero-order valence-electron chi connectivity index (χ0n) is 19.7. The topological polar surface area (TPSA) is 115 Å². The van der Waals surface area contributed by atoms with Crippen LogP contribution in [-0.4, -0.2) is 39.0 Å². The summed E-state index contributed by atoms with van der Waals surface area (Å²) in [4.78, 5) is 9.36. The maximum absolute atomic E-state index is 6.52. The van der Waals surface area contributed by atoms with Gasteiger partial charge in [-0.05, 0) is 50.2 Å². The molecule has 3 rings (SSSR count). The Bertz CT molecular complexity index is 903. The van der Waals surface area contributed by atoms with Crippen LogP contribution in [0.5, 0.6) is 5.75 Å². The molecule has 0 unspecified atom stereocenters.